The van der Waals surface area contributed by atoms with Crippen LogP contribution >= 0.6 is 17.0 Å². The van der Waals surface area contributed by atoms with Crippen molar-refractivity contribution in [2.75, 3.05) is 0 Å². The fourth-order valence-corrected chi connectivity index (χ4v) is 41.7. The Kier molecular flexibility index (Phi) is 15.0. The van der Waals surface area contributed by atoms with Crippen molar-refractivity contribution in [3.63, 3.8) is 0 Å². The van der Waals surface area contributed by atoms with Crippen molar-refractivity contribution >= 4 is 52.3 Å². The molecule has 0 bridgehead atoms. The van der Waals surface area contributed by atoms with Crippen LogP contribution < -0.4 is 13.6 Å². The number of hydrogen-bond acceptors (Lipinski definition) is 0. The number of allylic oxidation sites excluding steroid dienone is 2. The minimum absolute atomic E-state index is 0.0444. The molecule has 2 unspecified atom stereocenters. The predicted octanol–water partition coefficient (Wildman–Crippen LogP) is 19.9. The molecule has 1 heterocycles. The minimum atomic E-state index is -5.98. The molecule has 0 fully saturated rings. The summed E-state index contributed by atoms with van der Waals surface area (Å²) in [4.78, 5) is 0. The predicted molar refractivity (Wildman–Crippen MR) is 347 cm³/mol. The molecule has 0 radical (unpaired) electrons. The first kappa shape index (κ1) is 59.1. The summed E-state index contributed by atoms with van der Waals surface area (Å²) in [5.41, 5.74) is 23.9. The molecule has 0 spiro atoms. The van der Waals surface area contributed by atoms with E-state index in [-0.39, 0.29) is 39.7 Å². The number of halogens is 2. The van der Waals surface area contributed by atoms with Crippen molar-refractivity contribution in [2.24, 2.45) is 11.8 Å². The average Bonchev–Trinajstić information content (AvgIpc) is 3.67. The van der Waals surface area contributed by atoms with Crippen LogP contribution in [0.1, 0.15) is 228 Å². The van der Waals surface area contributed by atoms with Crippen LogP contribution in [0.4, 0.5) is 0 Å². The molecule has 0 nitrogen and oxygen atoms in total. The van der Waals surface area contributed by atoms with Gasteiger partial charge in [-0.2, -0.15) is 0 Å². The second-order valence-electron chi connectivity index (χ2n) is 31.4. The zero-order valence-electron chi connectivity index (χ0n) is 52.2. The molecular weight excluding hydrogens is 1080 g/mol. The Morgan fingerprint density at radius 3 is 1.17 bits per heavy atom. The van der Waals surface area contributed by atoms with Crippen LogP contribution in [0.2, 0.25) is 0 Å². The van der Waals surface area contributed by atoms with E-state index in [1.54, 1.807) is 0 Å². The Bertz CT molecular complexity index is 3180. The number of fused-ring (bicyclic) bond motifs is 5. The molecule has 9 rings (SSSR count). The molecule has 0 amide bonds. The van der Waals surface area contributed by atoms with E-state index in [0.29, 0.717) is 11.8 Å². The van der Waals surface area contributed by atoms with Crippen molar-refractivity contribution < 1.29 is 16.4 Å². The topological polar surface area (TPSA) is 0 Å². The SMILES string of the molecule is CC(C)CC1=Cc2c(ccc(C(C)(C)C)c2-c2cc(C(C)(C)C)cc(C(C)(C)C)c2)[CH]1[Zr]([Cl])([Cl])([c]1cccc2c1[SiH2]c1ccccc1-2)[CH]1C(CC(C)C)=Cc2c1ccc(C(C)(C)C)c2-c1cc(C(C)(C)C)cc(C(C)(C)C)c1. The molecule has 0 saturated carbocycles. The molecular formula is C74H95Cl2SiZr. The molecule has 2 atom stereocenters. The second-order valence-corrected chi connectivity index (χ2v) is 53.8. The van der Waals surface area contributed by atoms with Crippen LogP contribution in [-0.2, 0) is 48.9 Å². The number of rotatable bonds is 9. The summed E-state index contributed by atoms with van der Waals surface area (Å²) >= 11 is -5.98. The first-order chi connectivity index (χ1) is 35.8. The summed E-state index contributed by atoms with van der Waals surface area (Å²) in [5, 5.41) is 2.97. The van der Waals surface area contributed by atoms with E-state index in [1.807, 2.05) is 0 Å². The maximum atomic E-state index is 9.88. The van der Waals surface area contributed by atoms with Gasteiger partial charge < -0.3 is 0 Å². The Morgan fingerprint density at radius 2 is 0.808 bits per heavy atom. The van der Waals surface area contributed by atoms with Crippen molar-refractivity contribution in [3.8, 4) is 33.4 Å². The standard InChI is InChI=1S/2C31H43.C12H9Si.2ClH.Zr/c2*1-20(2)14-21-15-22-12-13-27(31(9,10)11)28(26(22)16-21)23-17-24(29(3,4)5)19-25(18-23)30(6,7)8;1-3-7-11-9(5-1)10-6-2-4-8-12(10)13-11;;;/h2*12-13,15-20H,14H2,1-11H3;1-7H,13H2;2*1H;/q;;;;;+2/p-2. The van der Waals surface area contributed by atoms with Crippen LogP contribution in [0.3, 0.4) is 0 Å². The maximum absolute atomic E-state index is 9.88. The van der Waals surface area contributed by atoms with Gasteiger partial charge in [0.15, 0.2) is 0 Å². The molecule has 0 saturated heterocycles. The van der Waals surface area contributed by atoms with Gasteiger partial charge in [-0.15, -0.1) is 0 Å². The van der Waals surface area contributed by atoms with Crippen LogP contribution in [0, 0.1) is 11.8 Å². The molecule has 6 aromatic carbocycles. The van der Waals surface area contributed by atoms with Gasteiger partial charge in [-0.1, -0.05) is 0 Å². The zero-order valence-corrected chi connectivity index (χ0v) is 57.5. The first-order valence-electron chi connectivity index (χ1n) is 29.7. The summed E-state index contributed by atoms with van der Waals surface area (Å²) in [6.45, 7) is 52.4. The molecule has 78 heavy (non-hydrogen) atoms. The van der Waals surface area contributed by atoms with Gasteiger partial charge >= 0.3 is 489 Å². The fourth-order valence-electron chi connectivity index (χ4n) is 13.8. The van der Waals surface area contributed by atoms with Gasteiger partial charge in [0, 0.05) is 0 Å². The molecule has 0 aromatic heterocycles. The van der Waals surface area contributed by atoms with Crippen molar-refractivity contribution in [3.05, 3.63) is 170 Å². The summed E-state index contributed by atoms with van der Waals surface area (Å²) in [6.07, 6.45) is 7.11. The Labute approximate surface area is 484 Å². The van der Waals surface area contributed by atoms with Gasteiger partial charge in [0.1, 0.15) is 0 Å². The molecule has 0 N–H and O–H groups in total. The van der Waals surface area contributed by atoms with E-state index < -0.39 is 25.9 Å². The van der Waals surface area contributed by atoms with Crippen LogP contribution in [0.15, 0.2) is 114 Å². The first-order valence-corrected chi connectivity index (χ1v) is 41.5. The van der Waals surface area contributed by atoms with Crippen molar-refractivity contribution in [1.29, 1.82) is 0 Å². The quantitative estimate of drug-likeness (QED) is 0.126. The average molecular weight is 1170 g/mol. The van der Waals surface area contributed by atoms with Gasteiger partial charge in [0.2, 0.25) is 0 Å². The van der Waals surface area contributed by atoms with Gasteiger partial charge in [-0.25, -0.2) is 0 Å². The number of hydrogen-bond donors (Lipinski definition) is 0. The monoisotopic (exact) mass is 1170 g/mol. The zero-order chi connectivity index (χ0) is 57.4. The second kappa shape index (κ2) is 19.8. The van der Waals surface area contributed by atoms with Crippen LogP contribution in [-0.4, -0.2) is 9.52 Å². The van der Waals surface area contributed by atoms with E-state index in [1.165, 1.54) is 114 Å². The van der Waals surface area contributed by atoms with E-state index in [0.717, 1.165) is 12.8 Å². The van der Waals surface area contributed by atoms with Gasteiger partial charge in [-0.05, 0) is 0 Å². The van der Waals surface area contributed by atoms with Crippen LogP contribution in [0.5, 0.6) is 0 Å². The summed E-state index contributed by atoms with van der Waals surface area (Å²) < 4.78 is 0.953. The molecule has 3 aliphatic rings. The Morgan fingerprint density at radius 1 is 0.436 bits per heavy atom. The third-order valence-corrected chi connectivity index (χ3v) is 40.6. The molecule has 2 aliphatic carbocycles. The van der Waals surface area contributed by atoms with Crippen molar-refractivity contribution in [1.82, 2.24) is 0 Å². The van der Waals surface area contributed by atoms with E-state index in [2.05, 4.69) is 268 Å². The summed E-state index contributed by atoms with van der Waals surface area (Å²) in [5.74, 6) is 0.773. The third kappa shape index (κ3) is 10.5. The van der Waals surface area contributed by atoms with Gasteiger partial charge in [0.25, 0.3) is 0 Å². The fraction of sp³-hybridized carbons (Fsp3) is 0.459. The van der Waals surface area contributed by atoms with E-state index in [4.69, 9.17) is 0 Å². The van der Waals surface area contributed by atoms with Crippen molar-refractivity contribution in [2.45, 2.75) is 205 Å². The molecule has 6 aromatic rings. The summed E-state index contributed by atoms with van der Waals surface area (Å²) in [6, 6.07) is 41.4. The molecule has 1 aliphatic heterocycles. The van der Waals surface area contributed by atoms with E-state index >= 15 is 0 Å². The third-order valence-electron chi connectivity index (χ3n) is 17.8. The Balaban J connectivity index is 1.46. The van der Waals surface area contributed by atoms with Gasteiger partial charge in [0.05, 0.1) is 0 Å². The van der Waals surface area contributed by atoms with Crippen LogP contribution in [0.25, 0.3) is 45.5 Å². The normalized spacial score (nSPS) is 17.7. The molecule has 4 heteroatoms. The molecule has 413 valence electrons. The van der Waals surface area contributed by atoms with E-state index in [9.17, 15) is 17.0 Å². The number of benzene rings is 6. The Hall–Kier alpha value is -3.52. The summed E-state index contributed by atoms with van der Waals surface area (Å²) in [7, 11) is 18.8. The van der Waals surface area contributed by atoms with Gasteiger partial charge in [-0.3, -0.25) is 0 Å².